The van der Waals surface area contributed by atoms with Crippen LogP contribution in [0.4, 0.5) is 17.6 Å². The van der Waals surface area contributed by atoms with Crippen molar-refractivity contribution in [1.82, 2.24) is 15.0 Å². The summed E-state index contributed by atoms with van der Waals surface area (Å²) < 4.78 is 9.97. The number of para-hydroxylation sites is 1. The molecule has 8 nitrogen and oxygen atoms in total. The number of aromatic nitrogens is 3. The van der Waals surface area contributed by atoms with E-state index in [2.05, 4.69) is 20.3 Å². The Hall–Kier alpha value is -2.74. The maximum absolute atomic E-state index is 11.4. The van der Waals surface area contributed by atoms with Crippen LogP contribution in [-0.2, 0) is 20.9 Å². The number of benzene rings is 1. The molecule has 1 aromatic heterocycles. The van der Waals surface area contributed by atoms with Gasteiger partial charge in [0.1, 0.15) is 6.61 Å². The lowest BCUT2D eigenvalue weighted by molar-refractivity contribution is -0.150. The molecule has 0 unspecified atom stereocenters. The average molecular weight is 317 g/mol. The molecule has 0 aliphatic carbocycles. The van der Waals surface area contributed by atoms with Gasteiger partial charge in [-0.3, -0.25) is 0 Å². The molecule has 2 rings (SSSR count). The van der Waals surface area contributed by atoms with Gasteiger partial charge in [0.25, 0.3) is 0 Å². The van der Waals surface area contributed by atoms with Crippen LogP contribution in [-0.4, -0.2) is 34.1 Å². The lowest BCUT2D eigenvalue weighted by Crippen LogP contribution is -2.15. The third-order valence-corrected chi connectivity index (χ3v) is 2.88. The van der Waals surface area contributed by atoms with E-state index >= 15 is 0 Å². The second-order valence-corrected chi connectivity index (χ2v) is 4.67. The van der Waals surface area contributed by atoms with Gasteiger partial charge in [-0.15, -0.1) is 0 Å². The Kier molecular flexibility index (Phi) is 5.81. The second kappa shape index (κ2) is 8.04. The number of carbonyl (C=O) groups excluding carboxylic acids is 1. The second-order valence-electron chi connectivity index (χ2n) is 4.67. The average Bonchev–Trinajstić information content (AvgIpc) is 2.52. The fourth-order valence-electron chi connectivity index (χ4n) is 1.76. The van der Waals surface area contributed by atoms with Gasteiger partial charge in [0, 0.05) is 12.3 Å². The molecular weight excluding hydrogens is 298 g/mol. The Morgan fingerprint density at radius 2 is 2.04 bits per heavy atom. The number of carbonyl (C=O) groups is 1. The standard InChI is InChI=1S/C15H19N5O3/c1-3-22-9-13(21)23-8-12-18-14(16)20-15(19-12)17-11-7-5-4-6-10(11)2/h4-7H,3,8-9H2,1-2H3,(H3,16,17,18,19,20). The number of esters is 1. The molecule has 0 aliphatic heterocycles. The highest BCUT2D eigenvalue weighted by Gasteiger charge is 2.09. The van der Waals surface area contributed by atoms with Gasteiger partial charge in [-0.2, -0.15) is 15.0 Å². The number of nitrogens with zero attached hydrogens (tertiary/aromatic N) is 3. The van der Waals surface area contributed by atoms with Crippen LogP contribution in [0.1, 0.15) is 18.3 Å². The van der Waals surface area contributed by atoms with E-state index in [4.69, 9.17) is 15.2 Å². The van der Waals surface area contributed by atoms with Crippen LogP contribution in [0.15, 0.2) is 24.3 Å². The fourth-order valence-corrected chi connectivity index (χ4v) is 1.76. The molecule has 0 saturated carbocycles. The minimum Gasteiger partial charge on any atom is -0.456 e. The van der Waals surface area contributed by atoms with Gasteiger partial charge >= 0.3 is 5.97 Å². The summed E-state index contributed by atoms with van der Waals surface area (Å²) in [6.45, 7) is 4.00. The predicted octanol–water partition coefficient (Wildman–Crippen LogP) is 1.59. The number of ether oxygens (including phenoxy) is 2. The van der Waals surface area contributed by atoms with E-state index in [9.17, 15) is 4.79 Å². The van der Waals surface area contributed by atoms with Crippen molar-refractivity contribution in [3.63, 3.8) is 0 Å². The Balaban J connectivity index is 2.04. The van der Waals surface area contributed by atoms with E-state index in [1.165, 1.54) is 0 Å². The zero-order valence-corrected chi connectivity index (χ0v) is 13.1. The van der Waals surface area contributed by atoms with E-state index in [0.717, 1.165) is 11.3 Å². The highest BCUT2D eigenvalue weighted by Crippen LogP contribution is 2.17. The molecule has 0 saturated heterocycles. The summed E-state index contributed by atoms with van der Waals surface area (Å²) in [5, 5.41) is 3.07. The number of nitrogens with two attached hydrogens (primary N) is 1. The first-order valence-electron chi connectivity index (χ1n) is 7.15. The van der Waals surface area contributed by atoms with Crippen LogP contribution in [0, 0.1) is 6.92 Å². The molecule has 0 aliphatic rings. The Labute approximate surface area is 134 Å². The molecule has 3 N–H and O–H groups in total. The van der Waals surface area contributed by atoms with Crippen LogP contribution >= 0.6 is 0 Å². The zero-order chi connectivity index (χ0) is 16.7. The molecule has 122 valence electrons. The molecule has 0 atom stereocenters. The first-order valence-corrected chi connectivity index (χ1v) is 7.15. The maximum Gasteiger partial charge on any atom is 0.332 e. The number of nitrogens with one attached hydrogen (secondary N) is 1. The summed E-state index contributed by atoms with van der Waals surface area (Å²) in [6.07, 6.45) is 0. The lowest BCUT2D eigenvalue weighted by atomic mass is 10.2. The van der Waals surface area contributed by atoms with Crippen LogP contribution < -0.4 is 11.1 Å². The van der Waals surface area contributed by atoms with Crippen LogP contribution in [0.25, 0.3) is 0 Å². The number of anilines is 3. The van der Waals surface area contributed by atoms with Gasteiger partial charge in [0.15, 0.2) is 12.4 Å². The monoisotopic (exact) mass is 317 g/mol. The van der Waals surface area contributed by atoms with Crippen LogP contribution in [0.2, 0.25) is 0 Å². The van der Waals surface area contributed by atoms with Crippen molar-refractivity contribution < 1.29 is 14.3 Å². The predicted molar refractivity (Wildman–Crippen MR) is 85.0 cm³/mol. The number of hydrogen-bond acceptors (Lipinski definition) is 8. The SMILES string of the molecule is CCOCC(=O)OCc1nc(N)nc(Nc2ccccc2C)n1. The topological polar surface area (TPSA) is 112 Å². The molecule has 2 aromatic rings. The summed E-state index contributed by atoms with van der Waals surface area (Å²) in [7, 11) is 0. The van der Waals surface area contributed by atoms with Gasteiger partial charge in [0.2, 0.25) is 11.9 Å². The Morgan fingerprint density at radius 1 is 1.26 bits per heavy atom. The quantitative estimate of drug-likeness (QED) is 0.740. The maximum atomic E-state index is 11.4. The number of rotatable bonds is 7. The van der Waals surface area contributed by atoms with E-state index in [1.807, 2.05) is 31.2 Å². The van der Waals surface area contributed by atoms with Crippen molar-refractivity contribution in [2.24, 2.45) is 0 Å². The molecule has 1 aromatic carbocycles. The highest BCUT2D eigenvalue weighted by molar-refractivity contribution is 5.70. The van der Waals surface area contributed by atoms with Crippen molar-refractivity contribution >= 4 is 23.6 Å². The van der Waals surface area contributed by atoms with E-state index in [1.54, 1.807) is 6.92 Å². The van der Waals surface area contributed by atoms with Gasteiger partial charge in [0.05, 0.1) is 0 Å². The molecule has 23 heavy (non-hydrogen) atoms. The van der Waals surface area contributed by atoms with Crippen molar-refractivity contribution in [2.75, 3.05) is 24.3 Å². The van der Waals surface area contributed by atoms with Crippen molar-refractivity contribution in [3.8, 4) is 0 Å². The van der Waals surface area contributed by atoms with Crippen molar-refractivity contribution in [2.45, 2.75) is 20.5 Å². The van der Waals surface area contributed by atoms with Gasteiger partial charge in [-0.05, 0) is 25.5 Å². The summed E-state index contributed by atoms with van der Waals surface area (Å²) in [6, 6.07) is 7.70. The summed E-state index contributed by atoms with van der Waals surface area (Å²) >= 11 is 0. The fraction of sp³-hybridized carbons (Fsp3) is 0.333. The van der Waals surface area contributed by atoms with Gasteiger partial charge in [-0.1, -0.05) is 18.2 Å². The van der Waals surface area contributed by atoms with E-state index in [-0.39, 0.29) is 25.0 Å². The molecule has 0 spiro atoms. The molecular formula is C15H19N5O3. The number of aryl methyl sites for hydroxylation is 1. The molecule has 0 amide bonds. The minimum absolute atomic E-state index is 0.0481. The third-order valence-electron chi connectivity index (χ3n) is 2.88. The largest absolute Gasteiger partial charge is 0.456 e. The molecule has 0 radical (unpaired) electrons. The Morgan fingerprint density at radius 3 is 2.78 bits per heavy atom. The first kappa shape index (κ1) is 16.6. The summed E-state index contributed by atoms with van der Waals surface area (Å²) in [5.74, 6) is 0.118. The first-order chi connectivity index (χ1) is 11.1. The van der Waals surface area contributed by atoms with Crippen molar-refractivity contribution in [3.05, 3.63) is 35.7 Å². The lowest BCUT2D eigenvalue weighted by Gasteiger charge is -2.09. The Bertz CT molecular complexity index is 678. The minimum atomic E-state index is -0.487. The molecule has 8 heteroatoms. The highest BCUT2D eigenvalue weighted by atomic mass is 16.6. The van der Waals surface area contributed by atoms with E-state index in [0.29, 0.717) is 12.6 Å². The number of hydrogen-bond donors (Lipinski definition) is 2. The smallest absolute Gasteiger partial charge is 0.332 e. The number of nitrogen functional groups attached to an aromatic ring is 1. The zero-order valence-electron chi connectivity index (χ0n) is 13.1. The van der Waals surface area contributed by atoms with Crippen LogP contribution in [0.5, 0.6) is 0 Å². The summed E-state index contributed by atoms with van der Waals surface area (Å²) in [4.78, 5) is 23.6. The van der Waals surface area contributed by atoms with E-state index < -0.39 is 5.97 Å². The third kappa shape index (κ3) is 5.19. The normalized spacial score (nSPS) is 10.3. The van der Waals surface area contributed by atoms with Crippen molar-refractivity contribution in [1.29, 1.82) is 0 Å². The summed E-state index contributed by atoms with van der Waals surface area (Å²) in [5.41, 5.74) is 7.57. The van der Waals surface area contributed by atoms with Gasteiger partial charge in [-0.25, -0.2) is 4.79 Å². The van der Waals surface area contributed by atoms with Gasteiger partial charge < -0.3 is 20.5 Å². The molecule has 0 fully saturated rings. The molecule has 0 bridgehead atoms. The van der Waals surface area contributed by atoms with Crippen LogP contribution in [0.3, 0.4) is 0 Å². The molecule has 1 heterocycles.